The number of aliphatic hydroxyl groups is 1. The highest BCUT2D eigenvalue weighted by atomic mass is 32.1. The van der Waals surface area contributed by atoms with Crippen molar-refractivity contribution < 1.29 is 19.4 Å². The number of rotatable bonds is 1. The Morgan fingerprint density at radius 2 is 1.90 bits per heavy atom. The molecule has 2 heterocycles. The molecule has 39 heavy (non-hydrogen) atoms. The number of ketones is 1. The summed E-state index contributed by atoms with van der Waals surface area (Å²) in [6.45, 7) is 8.00. The molecule has 5 fully saturated rings. The summed E-state index contributed by atoms with van der Waals surface area (Å²) < 4.78 is 13.0. The highest BCUT2D eigenvalue weighted by Crippen LogP contribution is 2.73. The largest absolute Gasteiger partial charge is 0.389 e. The molecule has 2 spiro atoms. The SMILES string of the molecule is CC1(C)COC2(CC[C@@]34Cc5cc(-c6nccs6)ccc5C5C[C@]6(C)C(=O)CC[C@H]6[C@H](CC[C@@]3(O)C2)C54)OC1. The van der Waals surface area contributed by atoms with E-state index in [1.165, 1.54) is 16.7 Å². The zero-order valence-electron chi connectivity index (χ0n) is 23.5. The van der Waals surface area contributed by atoms with Gasteiger partial charge in [-0.1, -0.05) is 32.9 Å². The van der Waals surface area contributed by atoms with Gasteiger partial charge < -0.3 is 14.6 Å². The average Bonchev–Trinajstić information content (AvgIpc) is 3.55. The van der Waals surface area contributed by atoms with Gasteiger partial charge in [-0.25, -0.2) is 4.98 Å². The number of nitrogens with zero attached hydrogens (tertiary/aromatic N) is 1. The number of aromatic nitrogens is 1. The maximum absolute atomic E-state index is 13.4. The summed E-state index contributed by atoms with van der Waals surface area (Å²) in [7, 11) is 0. The van der Waals surface area contributed by atoms with E-state index in [0.717, 1.165) is 56.4 Å². The van der Waals surface area contributed by atoms with Gasteiger partial charge in [0.25, 0.3) is 0 Å². The number of ether oxygens (including phenoxy) is 2. The third kappa shape index (κ3) is 3.35. The van der Waals surface area contributed by atoms with Gasteiger partial charge in [0.1, 0.15) is 10.8 Å². The van der Waals surface area contributed by atoms with Crippen LogP contribution in [-0.4, -0.2) is 40.5 Å². The fourth-order valence-electron chi connectivity index (χ4n) is 10.6. The van der Waals surface area contributed by atoms with Crippen LogP contribution in [0, 0.1) is 34.0 Å². The minimum Gasteiger partial charge on any atom is -0.389 e. The summed E-state index contributed by atoms with van der Waals surface area (Å²) in [6.07, 6.45) is 9.54. The van der Waals surface area contributed by atoms with Gasteiger partial charge in [-0.15, -0.1) is 11.3 Å². The van der Waals surface area contributed by atoms with Gasteiger partial charge in [0.2, 0.25) is 0 Å². The second-order valence-corrected chi connectivity index (χ2v) is 15.9. The molecule has 1 saturated heterocycles. The van der Waals surface area contributed by atoms with E-state index < -0.39 is 11.4 Å². The van der Waals surface area contributed by atoms with Crippen LogP contribution in [0.3, 0.4) is 0 Å². The molecule has 1 N–H and O–H groups in total. The Labute approximate surface area is 235 Å². The van der Waals surface area contributed by atoms with Crippen molar-refractivity contribution in [3.05, 3.63) is 40.9 Å². The first-order valence-electron chi connectivity index (χ1n) is 15.1. The molecule has 5 aliphatic carbocycles. The van der Waals surface area contributed by atoms with Crippen LogP contribution in [-0.2, 0) is 20.7 Å². The third-order valence-corrected chi connectivity index (χ3v) is 13.2. The van der Waals surface area contributed by atoms with E-state index in [-0.39, 0.29) is 16.2 Å². The van der Waals surface area contributed by atoms with E-state index in [1.54, 1.807) is 11.3 Å². The van der Waals surface area contributed by atoms with Crippen molar-refractivity contribution in [3.8, 4) is 10.6 Å². The van der Waals surface area contributed by atoms with E-state index in [4.69, 9.17) is 9.47 Å². The number of benzene rings is 1. The first kappa shape index (κ1) is 25.1. The highest BCUT2D eigenvalue weighted by molar-refractivity contribution is 7.13. The van der Waals surface area contributed by atoms with Crippen LogP contribution in [0.4, 0.5) is 0 Å². The molecule has 1 aromatic carbocycles. The fourth-order valence-corrected chi connectivity index (χ4v) is 11.2. The molecular weight excluding hydrogens is 506 g/mol. The molecule has 0 bridgehead atoms. The zero-order valence-corrected chi connectivity index (χ0v) is 24.3. The molecule has 4 saturated carbocycles. The normalized spacial score (nSPS) is 43.3. The van der Waals surface area contributed by atoms with Gasteiger partial charge in [-0.05, 0) is 79.4 Å². The van der Waals surface area contributed by atoms with Gasteiger partial charge in [-0.2, -0.15) is 0 Å². The molecular formula is C33H41NO4S. The van der Waals surface area contributed by atoms with Gasteiger partial charge >= 0.3 is 0 Å². The second kappa shape index (κ2) is 8.02. The van der Waals surface area contributed by atoms with Crippen molar-refractivity contribution >= 4 is 17.1 Å². The first-order chi connectivity index (χ1) is 18.6. The third-order valence-electron chi connectivity index (χ3n) is 12.3. The van der Waals surface area contributed by atoms with Crippen molar-refractivity contribution in [2.75, 3.05) is 13.2 Å². The topological polar surface area (TPSA) is 68.7 Å². The van der Waals surface area contributed by atoms with Crippen LogP contribution >= 0.6 is 11.3 Å². The van der Waals surface area contributed by atoms with Crippen molar-refractivity contribution in [1.82, 2.24) is 4.98 Å². The van der Waals surface area contributed by atoms with Crippen molar-refractivity contribution in [2.45, 2.75) is 95.9 Å². The Morgan fingerprint density at radius 1 is 1.08 bits per heavy atom. The summed E-state index contributed by atoms with van der Waals surface area (Å²) in [5, 5.41) is 16.0. The molecule has 7 atom stereocenters. The number of carbonyl (C=O) groups is 1. The van der Waals surface area contributed by atoms with E-state index in [2.05, 4.69) is 44.0 Å². The summed E-state index contributed by atoms with van der Waals surface area (Å²) in [5.74, 6) is 1.45. The molecule has 1 aliphatic heterocycles. The molecule has 0 amide bonds. The van der Waals surface area contributed by atoms with Crippen LogP contribution in [0.25, 0.3) is 10.6 Å². The Kier molecular flexibility index (Phi) is 5.17. The molecule has 6 aliphatic rings. The first-order valence-corrected chi connectivity index (χ1v) is 16.0. The molecule has 2 unspecified atom stereocenters. The monoisotopic (exact) mass is 547 g/mol. The lowest BCUT2D eigenvalue weighted by molar-refractivity contribution is -0.357. The number of hydrogen-bond acceptors (Lipinski definition) is 6. The second-order valence-electron chi connectivity index (χ2n) is 15.0. The van der Waals surface area contributed by atoms with E-state index in [9.17, 15) is 9.90 Å². The molecule has 208 valence electrons. The maximum atomic E-state index is 13.4. The van der Waals surface area contributed by atoms with Gasteiger partial charge in [0, 0.05) is 52.6 Å². The highest BCUT2D eigenvalue weighted by Gasteiger charge is 2.72. The van der Waals surface area contributed by atoms with Crippen LogP contribution < -0.4 is 0 Å². The lowest BCUT2D eigenvalue weighted by Crippen LogP contribution is -2.70. The predicted octanol–water partition coefficient (Wildman–Crippen LogP) is 6.54. The average molecular weight is 548 g/mol. The lowest BCUT2D eigenvalue weighted by Gasteiger charge is -2.69. The standard InChI is InChI=1S/C33H41NO4S/c1-29(2)18-37-33(38-19-29)11-10-31-15-21-14-20(28-34-12-13-39-28)4-5-22(21)24-16-30(3)25(6-7-26(30)35)23(27(24)31)8-9-32(31,36)17-33/h4-5,12-14,23-25,27,36H,6-11,15-19H2,1-3H3/t23-,24?,25-,27?,30-,31-,32+/m0/s1. The quantitative estimate of drug-likeness (QED) is 0.439. The van der Waals surface area contributed by atoms with Crippen molar-refractivity contribution in [1.29, 1.82) is 0 Å². The minimum absolute atomic E-state index is 0.00457. The predicted molar refractivity (Wildman–Crippen MR) is 150 cm³/mol. The summed E-state index contributed by atoms with van der Waals surface area (Å²) in [4.78, 5) is 18.0. The smallest absolute Gasteiger partial charge is 0.171 e. The van der Waals surface area contributed by atoms with Crippen LogP contribution in [0.15, 0.2) is 29.8 Å². The van der Waals surface area contributed by atoms with Crippen LogP contribution in [0.2, 0.25) is 0 Å². The number of carbonyl (C=O) groups excluding carboxylic acids is 1. The van der Waals surface area contributed by atoms with E-state index in [1.807, 2.05) is 11.6 Å². The zero-order chi connectivity index (χ0) is 26.8. The molecule has 2 aromatic rings. The number of hydrogen-bond donors (Lipinski definition) is 1. The number of thiazole rings is 1. The Bertz CT molecular complexity index is 1330. The molecule has 0 radical (unpaired) electrons. The van der Waals surface area contributed by atoms with E-state index in [0.29, 0.717) is 49.1 Å². The van der Waals surface area contributed by atoms with Gasteiger partial charge in [-0.3, -0.25) is 4.79 Å². The fraction of sp³-hybridized carbons (Fsp3) is 0.697. The molecule has 8 rings (SSSR count). The number of fused-ring (bicyclic) bond motifs is 4. The van der Waals surface area contributed by atoms with E-state index >= 15 is 0 Å². The van der Waals surface area contributed by atoms with Crippen LogP contribution in [0.1, 0.15) is 89.2 Å². The van der Waals surface area contributed by atoms with Crippen molar-refractivity contribution in [3.63, 3.8) is 0 Å². The lowest BCUT2D eigenvalue weighted by atomic mass is 9.37. The summed E-state index contributed by atoms with van der Waals surface area (Å²) in [5.41, 5.74) is 2.67. The van der Waals surface area contributed by atoms with Gasteiger partial charge in [0.15, 0.2) is 5.79 Å². The molecule has 1 aromatic heterocycles. The van der Waals surface area contributed by atoms with Crippen LogP contribution in [0.5, 0.6) is 0 Å². The van der Waals surface area contributed by atoms with Gasteiger partial charge in [0.05, 0.1) is 18.8 Å². The van der Waals surface area contributed by atoms with Crippen molar-refractivity contribution in [2.24, 2.45) is 34.0 Å². The summed E-state index contributed by atoms with van der Waals surface area (Å²) >= 11 is 1.68. The Morgan fingerprint density at radius 3 is 2.67 bits per heavy atom. The Hall–Kier alpha value is -1.60. The summed E-state index contributed by atoms with van der Waals surface area (Å²) in [6, 6.07) is 6.94. The molecule has 5 nitrogen and oxygen atoms in total. The maximum Gasteiger partial charge on any atom is 0.171 e. The number of Topliss-reactive ketones (excluding diaryl/α,β-unsaturated/α-hetero) is 1. The minimum atomic E-state index is -0.836. The molecule has 6 heteroatoms. The Balaban J connectivity index is 1.25.